The van der Waals surface area contributed by atoms with E-state index in [0.29, 0.717) is 0 Å². The van der Waals surface area contributed by atoms with Crippen LogP contribution in [0.5, 0.6) is 0 Å². The second-order valence-corrected chi connectivity index (χ2v) is 3.79. The van der Waals surface area contributed by atoms with Crippen molar-refractivity contribution >= 4 is 11.9 Å². The topological polar surface area (TPSA) is 63.6 Å². The van der Waals surface area contributed by atoms with Gasteiger partial charge in [-0.1, -0.05) is 31.2 Å². The number of aryl methyl sites for hydroxylation is 1. The Morgan fingerprint density at radius 2 is 1.76 bits per heavy atom. The lowest BCUT2D eigenvalue weighted by molar-refractivity contribution is -0.156. The van der Waals surface area contributed by atoms with Crippen LogP contribution < -0.4 is 0 Å². The third-order valence-electron chi connectivity index (χ3n) is 2.65. The molecular weight excluding hydrogens is 220 g/mol. The molecule has 1 unspecified atom stereocenters. The fourth-order valence-corrected chi connectivity index (χ4v) is 1.56. The van der Waals surface area contributed by atoms with E-state index >= 15 is 0 Å². The number of methoxy groups -OCH3 is 1. The summed E-state index contributed by atoms with van der Waals surface area (Å²) in [6.07, 6.45) is 1.09. The summed E-state index contributed by atoms with van der Waals surface area (Å²) in [6, 6.07) is 7.56. The molecule has 0 fully saturated rings. The minimum absolute atomic E-state index is 0.159. The average molecular weight is 236 g/mol. The van der Waals surface area contributed by atoms with E-state index in [-0.39, 0.29) is 6.42 Å². The first kappa shape index (κ1) is 13.2. The van der Waals surface area contributed by atoms with Gasteiger partial charge in [0, 0.05) is 0 Å². The van der Waals surface area contributed by atoms with Crippen LogP contribution in [-0.2, 0) is 27.2 Å². The second-order valence-electron chi connectivity index (χ2n) is 3.79. The highest BCUT2D eigenvalue weighted by molar-refractivity contribution is 5.94. The first-order chi connectivity index (χ1) is 8.08. The highest BCUT2D eigenvalue weighted by Gasteiger charge is 2.27. The van der Waals surface area contributed by atoms with Gasteiger partial charge in [0.2, 0.25) is 0 Å². The van der Waals surface area contributed by atoms with Crippen LogP contribution in [0.2, 0.25) is 0 Å². The van der Waals surface area contributed by atoms with Crippen molar-refractivity contribution in [1.29, 1.82) is 0 Å². The maximum absolute atomic E-state index is 11.3. The van der Waals surface area contributed by atoms with Gasteiger partial charge in [-0.15, -0.1) is 0 Å². The Kier molecular flexibility index (Phi) is 4.69. The number of aliphatic carboxylic acids is 1. The van der Waals surface area contributed by atoms with Gasteiger partial charge >= 0.3 is 11.9 Å². The van der Waals surface area contributed by atoms with Gasteiger partial charge < -0.3 is 9.84 Å². The quantitative estimate of drug-likeness (QED) is 0.624. The second kappa shape index (κ2) is 6.03. The van der Waals surface area contributed by atoms with Gasteiger partial charge in [-0.05, 0) is 24.0 Å². The lowest BCUT2D eigenvalue weighted by Gasteiger charge is -2.10. The van der Waals surface area contributed by atoms with Gasteiger partial charge in [-0.2, -0.15) is 0 Å². The average Bonchev–Trinajstić information content (AvgIpc) is 2.35. The molecule has 0 radical (unpaired) electrons. The molecule has 1 aromatic carbocycles. The number of hydrogen-bond acceptors (Lipinski definition) is 3. The zero-order valence-corrected chi connectivity index (χ0v) is 9.97. The van der Waals surface area contributed by atoms with Gasteiger partial charge in [0.15, 0.2) is 5.92 Å². The zero-order valence-electron chi connectivity index (χ0n) is 9.97. The smallest absolute Gasteiger partial charge is 0.320 e. The van der Waals surface area contributed by atoms with E-state index in [1.54, 1.807) is 0 Å². The predicted octanol–water partition coefficient (Wildman–Crippen LogP) is 1.67. The number of carboxylic acids is 1. The third kappa shape index (κ3) is 3.59. The number of ether oxygens (including phenoxy) is 1. The largest absolute Gasteiger partial charge is 0.481 e. The van der Waals surface area contributed by atoms with Crippen LogP contribution in [0, 0.1) is 5.92 Å². The summed E-state index contributed by atoms with van der Waals surface area (Å²) in [6.45, 7) is 2.05. The van der Waals surface area contributed by atoms with Crippen LogP contribution in [-0.4, -0.2) is 24.2 Å². The summed E-state index contributed by atoms with van der Waals surface area (Å²) in [4.78, 5) is 22.2. The van der Waals surface area contributed by atoms with Crippen molar-refractivity contribution in [2.75, 3.05) is 7.11 Å². The van der Waals surface area contributed by atoms with Crippen LogP contribution in [0.4, 0.5) is 0 Å². The van der Waals surface area contributed by atoms with Gasteiger partial charge in [0.25, 0.3) is 0 Å². The number of benzene rings is 1. The summed E-state index contributed by atoms with van der Waals surface area (Å²) in [7, 11) is 1.19. The molecule has 0 heterocycles. The maximum Gasteiger partial charge on any atom is 0.320 e. The lowest BCUT2D eigenvalue weighted by atomic mass is 9.98. The van der Waals surface area contributed by atoms with E-state index in [0.717, 1.165) is 12.0 Å². The van der Waals surface area contributed by atoms with Crippen molar-refractivity contribution in [3.63, 3.8) is 0 Å². The Morgan fingerprint density at radius 3 is 2.18 bits per heavy atom. The first-order valence-electron chi connectivity index (χ1n) is 5.47. The standard InChI is InChI=1S/C13H16O4/c1-3-9-4-6-10(7-5-9)8-11(12(14)15)13(16)17-2/h4-7,11H,3,8H2,1-2H3,(H,14,15). The zero-order chi connectivity index (χ0) is 12.8. The van der Waals surface area contributed by atoms with Gasteiger partial charge in [-0.3, -0.25) is 9.59 Å². The fourth-order valence-electron chi connectivity index (χ4n) is 1.56. The molecule has 0 saturated heterocycles. The van der Waals surface area contributed by atoms with Crippen molar-refractivity contribution < 1.29 is 19.4 Å². The number of carbonyl (C=O) groups excluding carboxylic acids is 1. The Labute approximate surface area is 100 Å². The van der Waals surface area contributed by atoms with Crippen LogP contribution in [0.25, 0.3) is 0 Å². The van der Waals surface area contributed by atoms with Crippen LogP contribution in [0.1, 0.15) is 18.1 Å². The van der Waals surface area contributed by atoms with E-state index < -0.39 is 17.9 Å². The molecule has 0 amide bonds. The summed E-state index contributed by atoms with van der Waals surface area (Å²) in [5.41, 5.74) is 2.00. The Balaban J connectivity index is 2.79. The van der Waals surface area contributed by atoms with Crippen molar-refractivity contribution in [2.24, 2.45) is 5.92 Å². The highest BCUT2D eigenvalue weighted by Crippen LogP contribution is 2.12. The van der Waals surface area contributed by atoms with E-state index in [9.17, 15) is 9.59 Å². The minimum Gasteiger partial charge on any atom is -0.481 e. The molecule has 0 spiro atoms. The summed E-state index contributed by atoms with van der Waals surface area (Å²) >= 11 is 0. The van der Waals surface area contributed by atoms with Crippen molar-refractivity contribution in [3.8, 4) is 0 Å². The molecular formula is C13H16O4. The molecule has 4 nitrogen and oxygen atoms in total. The molecule has 92 valence electrons. The van der Waals surface area contributed by atoms with E-state index in [4.69, 9.17) is 5.11 Å². The molecule has 17 heavy (non-hydrogen) atoms. The van der Waals surface area contributed by atoms with Crippen LogP contribution in [0.3, 0.4) is 0 Å². The van der Waals surface area contributed by atoms with E-state index in [1.165, 1.54) is 12.7 Å². The normalized spacial score (nSPS) is 11.9. The Morgan fingerprint density at radius 1 is 1.24 bits per heavy atom. The van der Waals surface area contributed by atoms with Gasteiger partial charge in [0.05, 0.1) is 7.11 Å². The van der Waals surface area contributed by atoms with Crippen LogP contribution in [0.15, 0.2) is 24.3 Å². The predicted molar refractivity (Wildman–Crippen MR) is 62.7 cm³/mol. The first-order valence-corrected chi connectivity index (χ1v) is 5.47. The number of esters is 1. The fraction of sp³-hybridized carbons (Fsp3) is 0.385. The van der Waals surface area contributed by atoms with Crippen molar-refractivity contribution in [2.45, 2.75) is 19.8 Å². The summed E-state index contributed by atoms with van der Waals surface area (Å²) < 4.78 is 4.47. The number of rotatable bonds is 5. The van der Waals surface area contributed by atoms with E-state index in [1.807, 2.05) is 31.2 Å². The summed E-state index contributed by atoms with van der Waals surface area (Å²) in [5, 5.41) is 8.94. The van der Waals surface area contributed by atoms with Crippen molar-refractivity contribution in [1.82, 2.24) is 0 Å². The number of carbonyl (C=O) groups is 2. The third-order valence-corrected chi connectivity index (χ3v) is 2.65. The molecule has 4 heteroatoms. The molecule has 0 aromatic heterocycles. The molecule has 0 bridgehead atoms. The molecule has 1 N–H and O–H groups in total. The molecule has 0 saturated carbocycles. The maximum atomic E-state index is 11.3. The molecule has 0 aliphatic heterocycles. The molecule has 1 aromatic rings. The number of hydrogen-bond donors (Lipinski definition) is 1. The molecule has 0 aliphatic carbocycles. The lowest BCUT2D eigenvalue weighted by Crippen LogP contribution is -2.27. The Bertz CT molecular complexity index is 394. The van der Waals surface area contributed by atoms with Gasteiger partial charge in [-0.25, -0.2) is 0 Å². The Hall–Kier alpha value is -1.84. The minimum atomic E-state index is -1.16. The SMILES string of the molecule is CCc1ccc(CC(C(=O)O)C(=O)OC)cc1. The summed E-state index contributed by atoms with van der Waals surface area (Å²) in [5.74, 6) is -3.00. The number of carboxylic acid groups (broad SMARTS) is 1. The molecule has 0 aliphatic rings. The van der Waals surface area contributed by atoms with Crippen molar-refractivity contribution in [3.05, 3.63) is 35.4 Å². The molecule has 1 rings (SSSR count). The van der Waals surface area contributed by atoms with Gasteiger partial charge in [0.1, 0.15) is 0 Å². The van der Waals surface area contributed by atoms with Crippen LogP contribution >= 0.6 is 0 Å². The van der Waals surface area contributed by atoms with E-state index in [2.05, 4.69) is 4.74 Å². The highest BCUT2D eigenvalue weighted by atomic mass is 16.5. The monoisotopic (exact) mass is 236 g/mol. The molecule has 1 atom stereocenters.